The number of esters is 1. The van der Waals surface area contributed by atoms with Crippen molar-refractivity contribution in [2.45, 2.75) is 45.3 Å². The van der Waals surface area contributed by atoms with Crippen LogP contribution in [0.25, 0.3) is 0 Å². The topological polar surface area (TPSA) is 103 Å². The van der Waals surface area contributed by atoms with E-state index in [9.17, 15) is 23.2 Å². The van der Waals surface area contributed by atoms with Crippen LogP contribution in [0, 0.1) is 5.92 Å². The second kappa shape index (κ2) is 10.6. The SMILES string of the molecule is COc1cc(C(=O)OCC(=O)NC(=O)N[C@@H]2CCCC[C@H]2C)ccc1OC(F)F. The van der Waals surface area contributed by atoms with E-state index >= 15 is 0 Å². The van der Waals surface area contributed by atoms with Gasteiger partial charge in [0, 0.05) is 6.04 Å². The number of alkyl halides is 2. The Bertz CT molecular complexity index is 743. The number of nitrogens with one attached hydrogen (secondary N) is 2. The van der Waals surface area contributed by atoms with Gasteiger partial charge in [-0.05, 0) is 37.0 Å². The minimum atomic E-state index is -3.05. The third-order valence-electron chi connectivity index (χ3n) is 4.63. The van der Waals surface area contributed by atoms with Crippen LogP contribution in [-0.4, -0.2) is 44.3 Å². The third kappa shape index (κ3) is 6.88. The van der Waals surface area contributed by atoms with Gasteiger partial charge in [0.25, 0.3) is 5.91 Å². The van der Waals surface area contributed by atoms with Gasteiger partial charge in [-0.1, -0.05) is 19.8 Å². The van der Waals surface area contributed by atoms with E-state index in [-0.39, 0.29) is 23.1 Å². The number of amides is 3. The molecular formula is C19H24F2N2O6. The zero-order valence-corrected chi connectivity index (χ0v) is 16.2. The molecule has 29 heavy (non-hydrogen) atoms. The van der Waals surface area contributed by atoms with Crippen LogP contribution >= 0.6 is 0 Å². The molecule has 8 nitrogen and oxygen atoms in total. The van der Waals surface area contributed by atoms with Crippen molar-refractivity contribution in [1.82, 2.24) is 10.6 Å². The summed E-state index contributed by atoms with van der Waals surface area (Å²) in [6, 6.07) is 2.83. The van der Waals surface area contributed by atoms with E-state index in [4.69, 9.17) is 9.47 Å². The van der Waals surface area contributed by atoms with Crippen molar-refractivity contribution in [2.75, 3.05) is 13.7 Å². The van der Waals surface area contributed by atoms with Crippen LogP contribution in [0.3, 0.4) is 0 Å². The quantitative estimate of drug-likeness (QED) is 0.665. The Kier molecular flexibility index (Phi) is 8.17. The lowest BCUT2D eigenvalue weighted by molar-refractivity contribution is -0.123. The lowest BCUT2D eigenvalue weighted by atomic mass is 9.86. The summed E-state index contributed by atoms with van der Waals surface area (Å²) in [5, 5.41) is 4.87. The third-order valence-corrected chi connectivity index (χ3v) is 4.63. The van der Waals surface area contributed by atoms with Crippen LogP contribution in [0.5, 0.6) is 11.5 Å². The Hall–Kier alpha value is -2.91. The summed E-state index contributed by atoms with van der Waals surface area (Å²) in [6.45, 7) is -1.68. The fourth-order valence-electron chi connectivity index (χ4n) is 3.10. The standard InChI is InChI=1S/C19H24F2N2O6/c1-11-5-3-4-6-13(11)22-19(26)23-16(24)10-28-17(25)12-7-8-14(29-18(20)21)15(9-12)27-2/h7-9,11,13,18H,3-6,10H2,1-2H3,(H2,22,23,24,26)/t11-,13-/m1/s1. The van der Waals surface area contributed by atoms with Gasteiger partial charge < -0.3 is 19.5 Å². The average molecular weight is 414 g/mol. The van der Waals surface area contributed by atoms with Crippen LogP contribution in [0.2, 0.25) is 0 Å². The van der Waals surface area contributed by atoms with Crippen LogP contribution in [0.1, 0.15) is 43.0 Å². The second-order valence-electron chi connectivity index (χ2n) is 6.71. The van der Waals surface area contributed by atoms with Gasteiger partial charge in [-0.3, -0.25) is 10.1 Å². The molecule has 0 spiro atoms. The zero-order chi connectivity index (χ0) is 21.4. The van der Waals surface area contributed by atoms with E-state index in [1.54, 1.807) is 0 Å². The largest absolute Gasteiger partial charge is 0.493 e. The molecule has 0 bridgehead atoms. The van der Waals surface area contributed by atoms with Crippen LogP contribution < -0.4 is 20.1 Å². The number of ether oxygens (including phenoxy) is 3. The fourth-order valence-corrected chi connectivity index (χ4v) is 3.10. The molecule has 1 aliphatic carbocycles. The summed E-state index contributed by atoms with van der Waals surface area (Å²) in [7, 11) is 1.22. The van der Waals surface area contributed by atoms with Crippen molar-refractivity contribution >= 4 is 17.9 Å². The van der Waals surface area contributed by atoms with Gasteiger partial charge in [-0.15, -0.1) is 0 Å². The smallest absolute Gasteiger partial charge is 0.387 e. The number of imide groups is 1. The maximum atomic E-state index is 12.3. The Morgan fingerprint density at radius 3 is 2.55 bits per heavy atom. The Balaban J connectivity index is 1.83. The molecule has 0 saturated heterocycles. The van der Waals surface area contributed by atoms with Crippen molar-refractivity contribution < 1.29 is 37.4 Å². The number of hydrogen-bond donors (Lipinski definition) is 2. The molecule has 0 unspecified atom stereocenters. The lowest BCUT2D eigenvalue weighted by Crippen LogP contribution is -2.48. The van der Waals surface area contributed by atoms with E-state index < -0.39 is 31.1 Å². The molecule has 0 heterocycles. The van der Waals surface area contributed by atoms with E-state index in [1.807, 2.05) is 6.92 Å². The van der Waals surface area contributed by atoms with Gasteiger partial charge in [-0.25, -0.2) is 9.59 Å². The highest BCUT2D eigenvalue weighted by atomic mass is 19.3. The fraction of sp³-hybridized carbons (Fsp3) is 0.526. The highest BCUT2D eigenvalue weighted by Gasteiger charge is 2.23. The van der Waals surface area contributed by atoms with E-state index in [0.29, 0.717) is 5.92 Å². The van der Waals surface area contributed by atoms with Gasteiger partial charge in [0.15, 0.2) is 18.1 Å². The van der Waals surface area contributed by atoms with Crippen molar-refractivity contribution in [3.05, 3.63) is 23.8 Å². The average Bonchev–Trinajstić information content (AvgIpc) is 2.67. The maximum Gasteiger partial charge on any atom is 0.387 e. The molecule has 1 aliphatic rings. The van der Waals surface area contributed by atoms with Gasteiger partial charge in [0.2, 0.25) is 0 Å². The zero-order valence-electron chi connectivity index (χ0n) is 16.2. The molecule has 3 amide bonds. The first-order valence-corrected chi connectivity index (χ1v) is 9.20. The number of carbonyl (C=O) groups is 3. The molecule has 1 aromatic rings. The minimum absolute atomic E-state index is 0.000498. The van der Waals surface area contributed by atoms with E-state index in [1.165, 1.54) is 13.2 Å². The van der Waals surface area contributed by atoms with Crippen molar-refractivity contribution in [2.24, 2.45) is 5.92 Å². The number of halogens is 2. The first-order chi connectivity index (χ1) is 13.8. The first kappa shape index (κ1) is 22.4. The molecule has 1 fully saturated rings. The number of rotatable bonds is 7. The predicted molar refractivity (Wildman–Crippen MR) is 98.0 cm³/mol. The highest BCUT2D eigenvalue weighted by molar-refractivity contribution is 5.97. The summed E-state index contributed by atoms with van der Waals surface area (Å²) in [5.41, 5.74) is -0.0308. The van der Waals surface area contributed by atoms with Gasteiger partial charge in [-0.2, -0.15) is 8.78 Å². The summed E-state index contributed by atoms with van der Waals surface area (Å²) in [4.78, 5) is 35.8. The van der Waals surface area contributed by atoms with Gasteiger partial charge >= 0.3 is 18.6 Å². The van der Waals surface area contributed by atoms with E-state index in [2.05, 4.69) is 15.4 Å². The van der Waals surface area contributed by atoms with Crippen molar-refractivity contribution in [1.29, 1.82) is 0 Å². The lowest BCUT2D eigenvalue weighted by Gasteiger charge is -2.29. The number of carbonyl (C=O) groups excluding carboxylic acids is 3. The molecule has 2 atom stereocenters. The summed E-state index contributed by atoms with van der Waals surface area (Å²) < 4.78 is 38.7. The Labute approximate surface area is 166 Å². The molecule has 1 saturated carbocycles. The molecule has 2 rings (SSSR count). The molecule has 2 N–H and O–H groups in total. The molecule has 160 valence electrons. The Morgan fingerprint density at radius 2 is 1.90 bits per heavy atom. The van der Waals surface area contributed by atoms with Gasteiger partial charge in [0.05, 0.1) is 12.7 Å². The normalized spacial score (nSPS) is 18.7. The Morgan fingerprint density at radius 1 is 1.17 bits per heavy atom. The number of hydrogen-bond acceptors (Lipinski definition) is 6. The molecule has 10 heteroatoms. The summed E-state index contributed by atoms with van der Waals surface area (Å²) >= 11 is 0. The number of benzene rings is 1. The van der Waals surface area contributed by atoms with Crippen LogP contribution in [-0.2, 0) is 9.53 Å². The minimum Gasteiger partial charge on any atom is -0.493 e. The number of urea groups is 1. The predicted octanol–water partition coefficient (Wildman–Crippen LogP) is 2.86. The monoisotopic (exact) mass is 414 g/mol. The molecule has 0 aliphatic heterocycles. The summed E-state index contributed by atoms with van der Waals surface area (Å²) in [5.74, 6) is -1.68. The number of methoxy groups -OCH3 is 1. The van der Waals surface area contributed by atoms with Crippen LogP contribution in [0.15, 0.2) is 18.2 Å². The molecular weight excluding hydrogens is 390 g/mol. The molecule has 0 radical (unpaired) electrons. The van der Waals surface area contributed by atoms with Crippen LogP contribution in [0.4, 0.5) is 13.6 Å². The molecule has 0 aromatic heterocycles. The second-order valence-corrected chi connectivity index (χ2v) is 6.71. The first-order valence-electron chi connectivity index (χ1n) is 9.20. The van der Waals surface area contributed by atoms with Gasteiger partial charge in [0.1, 0.15) is 0 Å². The highest BCUT2D eigenvalue weighted by Crippen LogP contribution is 2.29. The van der Waals surface area contributed by atoms with Crippen molar-refractivity contribution in [3.8, 4) is 11.5 Å². The molecule has 1 aromatic carbocycles. The van der Waals surface area contributed by atoms with Crippen molar-refractivity contribution in [3.63, 3.8) is 0 Å². The summed E-state index contributed by atoms with van der Waals surface area (Å²) in [6.07, 6.45) is 4.01. The van der Waals surface area contributed by atoms with E-state index in [0.717, 1.165) is 37.8 Å². The maximum absolute atomic E-state index is 12.3.